The minimum absolute atomic E-state index is 0.149. The molecule has 0 aliphatic heterocycles. The molecule has 0 radical (unpaired) electrons. The molecule has 6 nitrogen and oxygen atoms in total. The quantitative estimate of drug-likeness (QED) is 0.694. The highest BCUT2D eigenvalue weighted by Crippen LogP contribution is 2.27. The number of rotatable bonds is 6. The standard InChI is InChI=1S/C20H18N4O2S/c1-13(2)15-5-7-16(8-6-15)19-23-24-20(27-19)22-18(25)12-26-17-9-3-14(11-21)4-10-17/h3-10,13H,12H2,1-2H3,(H,22,24,25). The number of nitrogens with zero attached hydrogens (tertiary/aromatic N) is 3. The highest BCUT2D eigenvalue weighted by Gasteiger charge is 2.11. The molecular weight excluding hydrogens is 360 g/mol. The van der Waals surface area contributed by atoms with E-state index in [0.29, 0.717) is 22.4 Å². The van der Waals surface area contributed by atoms with Crippen molar-refractivity contribution in [3.8, 4) is 22.4 Å². The summed E-state index contributed by atoms with van der Waals surface area (Å²) in [5.74, 6) is 0.670. The predicted octanol–water partition coefficient (Wildman–Crippen LogP) is 4.22. The van der Waals surface area contributed by atoms with E-state index < -0.39 is 0 Å². The molecule has 3 aromatic rings. The van der Waals surface area contributed by atoms with Crippen molar-refractivity contribution in [2.24, 2.45) is 0 Å². The zero-order valence-corrected chi connectivity index (χ0v) is 15.8. The third-order valence-corrected chi connectivity index (χ3v) is 4.74. The Labute approximate surface area is 161 Å². The molecule has 0 saturated carbocycles. The SMILES string of the molecule is CC(C)c1ccc(-c2nnc(NC(=O)COc3ccc(C#N)cc3)s2)cc1. The lowest BCUT2D eigenvalue weighted by molar-refractivity contribution is -0.118. The smallest absolute Gasteiger partial charge is 0.264 e. The lowest BCUT2D eigenvalue weighted by atomic mass is 10.0. The van der Waals surface area contributed by atoms with Crippen molar-refractivity contribution in [2.75, 3.05) is 11.9 Å². The molecule has 1 N–H and O–H groups in total. The molecule has 1 heterocycles. The van der Waals surface area contributed by atoms with Gasteiger partial charge in [0.1, 0.15) is 10.8 Å². The number of hydrogen-bond acceptors (Lipinski definition) is 6. The molecule has 27 heavy (non-hydrogen) atoms. The number of aromatic nitrogens is 2. The van der Waals surface area contributed by atoms with E-state index in [9.17, 15) is 4.79 Å². The Balaban J connectivity index is 1.56. The van der Waals surface area contributed by atoms with E-state index in [1.807, 2.05) is 18.2 Å². The van der Waals surface area contributed by atoms with Gasteiger partial charge in [-0.2, -0.15) is 5.26 Å². The van der Waals surface area contributed by atoms with Crippen molar-refractivity contribution in [1.82, 2.24) is 10.2 Å². The van der Waals surface area contributed by atoms with Crippen molar-refractivity contribution in [1.29, 1.82) is 5.26 Å². The van der Waals surface area contributed by atoms with Crippen LogP contribution in [0.2, 0.25) is 0 Å². The second-order valence-electron chi connectivity index (χ2n) is 6.16. The normalized spacial score (nSPS) is 10.4. The van der Waals surface area contributed by atoms with Gasteiger partial charge in [-0.25, -0.2) is 0 Å². The van der Waals surface area contributed by atoms with Crippen LogP contribution >= 0.6 is 11.3 Å². The molecule has 2 aromatic carbocycles. The van der Waals surface area contributed by atoms with Gasteiger partial charge in [0.05, 0.1) is 11.6 Å². The summed E-state index contributed by atoms with van der Waals surface area (Å²) in [4.78, 5) is 12.0. The van der Waals surface area contributed by atoms with Crippen molar-refractivity contribution < 1.29 is 9.53 Å². The first-order valence-electron chi connectivity index (χ1n) is 8.42. The first-order valence-corrected chi connectivity index (χ1v) is 9.23. The third kappa shape index (κ3) is 4.90. The van der Waals surface area contributed by atoms with E-state index in [4.69, 9.17) is 10.00 Å². The highest BCUT2D eigenvalue weighted by molar-refractivity contribution is 7.18. The molecule has 1 amide bonds. The number of carbonyl (C=O) groups excluding carboxylic acids is 1. The van der Waals surface area contributed by atoms with Crippen LogP contribution in [-0.4, -0.2) is 22.7 Å². The van der Waals surface area contributed by atoms with E-state index in [-0.39, 0.29) is 12.5 Å². The fourth-order valence-electron chi connectivity index (χ4n) is 2.33. The van der Waals surface area contributed by atoms with Gasteiger partial charge in [-0.3, -0.25) is 10.1 Å². The van der Waals surface area contributed by atoms with E-state index in [1.54, 1.807) is 24.3 Å². The highest BCUT2D eigenvalue weighted by atomic mass is 32.1. The maximum absolute atomic E-state index is 12.0. The van der Waals surface area contributed by atoms with Crippen LogP contribution in [0, 0.1) is 11.3 Å². The fourth-order valence-corrected chi connectivity index (χ4v) is 3.10. The lowest BCUT2D eigenvalue weighted by Crippen LogP contribution is -2.20. The van der Waals surface area contributed by atoms with Crippen molar-refractivity contribution in [2.45, 2.75) is 19.8 Å². The van der Waals surface area contributed by atoms with Gasteiger partial charge in [-0.1, -0.05) is 49.4 Å². The van der Waals surface area contributed by atoms with Gasteiger partial charge < -0.3 is 4.74 Å². The molecule has 0 atom stereocenters. The Bertz CT molecular complexity index is 957. The van der Waals surface area contributed by atoms with E-state index in [1.165, 1.54) is 16.9 Å². The lowest BCUT2D eigenvalue weighted by Gasteiger charge is -2.05. The second kappa shape index (κ2) is 8.43. The number of benzene rings is 2. The van der Waals surface area contributed by atoms with Crippen LogP contribution in [0.3, 0.4) is 0 Å². The Morgan fingerprint density at radius 3 is 2.48 bits per heavy atom. The van der Waals surface area contributed by atoms with Crippen molar-refractivity contribution >= 4 is 22.4 Å². The zero-order chi connectivity index (χ0) is 19.2. The van der Waals surface area contributed by atoms with Gasteiger partial charge in [0.15, 0.2) is 6.61 Å². The molecule has 136 valence electrons. The molecule has 3 rings (SSSR count). The molecule has 0 spiro atoms. The van der Waals surface area contributed by atoms with E-state index in [2.05, 4.69) is 41.5 Å². The summed E-state index contributed by atoms with van der Waals surface area (Å²) in [5, 5.41) is 20.8. The molecular formula is C20H18N4O2S. The van der Waals surface area contributed by atoms with Crippen LogP contribution < -0.4 is 10.1 Å². The first kappa shape index (κ1) is 18.5. The van der Waals surface area contributed by atoms with Gasteiger partial charge in [-0.15, -0.1) is 10.2 Å². The maximum Gasteiger partial charge on any atom is 0.264 e. The molecule has 1 aromatic heterocycles. The summed E-state index contributed by atoms with van der Waals surface area (Å²) in [6.07, 6.45) is 0. The summed E-state index contributed by atoms with van der Waals surface area (Å²) >= 11 is 1.31. The fraction of sp³-hybridized carbons (Fsp3) is 0.200. The predicted molar refractivity (Wildman–Crippen MR) is 105 cm³/mol. The van der Waals surface area contributed by atoms with Crippen molar-refractivity contribution in [3.05, 3.63) is 59.7 Å². The Hall–Kier alpha value is -3.24. The number of anilines is 1. The number of nitrogens with one attached hydrogen (secondary N) is 1. The van der Waals surface area contributed by atoms with Gasteiger partial charge in [0, 0.05) is 5.56 Å². The summed E-state index contributed by atoms with van der Waals surface area (Å²) in [5.41, 5.74) is 2.76. The van der Waals surface area contributed by atoms with Gasteiger partial charge >= 0.3 is 0 Å². The van der Waals surface area contributed by atoms with Crippen LogP contribution in [0.4, 0.5) is 5.13 Å². The largest absolute Gasteiger partial charge is 0.484 e. The average molecular weight is 378 g/mol. The zero-order valence-electron chi connectivity index (χ0n) is 15.0. The Kier molecular flexibility index (Phi) is 5.79. The van der Waals surface area contributed by atoms with Crippen LogP contribution in [0.25, 0.3) is 10.6 Å². The minimum atomic E-state index is -0.322. The van der Waals surface area contributed by atoms with Crippen LogP contribution in [0.1, 0.15) is 30.9 Å². The minimum Gasteiger partial charge on any atom is -0.484 e. The van der Waals surface area contributed by atoms with Gasteiger partial charge in [0.25, 0.3) is 5.91 Å². The summed E-state index contributed by atoms with van der Waals surface area (Å²) in [6.45, 7) is 4.14. The number of amides is 1. The van der Waals surface area contributed by atoms with Crippen LogP contribution in [0.15, 0.2) is 48.5 Å². The van der Waals surface area contributed by atoms with Gasteiger partial charge in [-0.05, 0) is 35.7 Å². The molecule has 0 fully saturated rings. The van der Waals surface area contributed by atoms with Crippen LogP contribution in [-0.2, 0) is 4.79 Å². The third-order valence-electron chi connectivity index (χ3n) is 3.85. The van der Waals surface area contributed by atoms with Crippen molar-refractivity contribution in [3.63, 3.8) is 0 Å². The molecule has 7 heteroatoms. The monoisotopic (exact) mass is 378 g/mol. The molecule has 0 bridgehead atoms. The van der Waals surface area contributed by atoms with E-state index in [0.717, 1.165) is 10.6 Å². The average Bonchev–Trinajstić information content (AvgIpc) is 3.15. The van der Waals surface area contributed by atoms with E-state index >= 15 is 0 Å². The molecule has 0 saturated heterocycles. The Morgan fingerprint density at radius 2 is 1.85 bits per heavy atom. The summed E-state index contributed by atoms with van der Waals surface area (Å²) < 4.78 is 5.40. The van der Waals surface area contributed by atoms with Crippen LogP contribution in [0.5, 0.6) is 5.75 Å². The number of nitriles is 1. The first-order chi connectivity index (χ1) is 13.0. The molecule has 0 aliphatic carbocycles. The topological polar surface area (TPSA) is 87.9 Å². The number of carbonyl (C=O) groups is 1. The number of ether oxygens (including phenoxy) is 1. The maximum atomic E-state index is 12.0. The number of hydrogen-bond donors (Lipinski definition) is 1. The van der Waals surface area contributed by atoms with Gasteiger partial charge in [0.2, 0.25) is 5.13 Å². The summed E-state index contributed by atoms with van der Waals surface area (Å²) in [6, 6.07) is 16.8. The molecule has 0 unspecified atom stereocenters. The Morgan fingerprint density at radius 1 is 1.15 bits per heavy atom. The second-order valence-corrected chi connectivity index (χ2v) is 7.14. The molecule has 0 aliphatic rings. The summed E-state index contributed by atoms with van der Waals surface area (Å²) in [7, 11) is 0.